The van der Waals surface area contributed by atoms with Crippen molar-refractivity contribution in [3.05, 3.63) is 36.0 Å². The normalized spacial score (nSPS) is 11.4. The van der Waals surface area contributed by atoms with Crippen molar-refractivity contribution in [2.24, 2.45) is 0 Å². The van der Waals surface area contributed by atoms with Crippen LogP contribution in [-0.2, 0) is 0 Å². The van der Waals surface area contributed by atoms with E-state index in [4.69, 9.17) is 9.72 Å². The Morgan fingerprint density at radius 2 is 1.76 bits per heavy atom. The van der Waals surface area contributed by atoms with Crippen LogP contribution in [0.3, 0.4) is 0 Å². The summed E-state index contributed by atoms with van der Waals surface area (Å²) in [4.78, 5) is 4.70. The summed E-state index contributed by atoms with van der Waals surface area (Å²) in [5, 5.41) is 1.13. The zero-order valence-corrected chi connectivity index (χ0v) is 10.9. The number of hydrogen-bond acceptors (Lipinski definition) is 2. The quantitative estimate of drug-likeness (QED) is 0.789. The van der Waals surface area contributed by atoms with Crippen molar-refractivity contribution < 1.29 is 4.74 Å². The first kappa shape index (κ1) is 11.9. The van der Waals surface area contributed by atoms with Crippen molar-refractivity contribution in [3.8, 4) is 5.75 Å². The molecule has 0 saturated heterocycles. The predicted octanol–water partition coefficient (Wildman–Crippen LogP) is 4.15. The van der Waals surface area contributed by atoms with E-state index >= 15 is 0 Å². The highest BCUT2D eigenvalue weighted by atomic mass is 16.5. The summed E-state index contributed by atoms with van der Waals surface area (Å²) in [5.41, 5.74) is 2.07. The van der Waals surface area contributed by atoms with E-state index in [-0.39, 0.29) is 6.10 Å². The first-order valence-electron chi connectivity index (χ1n) is 6.14. The lowest BCUT2D eigenvalue weighted by atomic mass is 10.1. The number of ether oxygens (including phenoxy) is 1. The minimum absolute atomic E-state index is 0.176. The second-order valence-electron chi connectivity index (χ2n) is 4.89. The van der Waals surface area contributed by atoms with E-state index in [0.29, 0.717) is 5.92 Å². The monoisotopic (exact) mass is 229 g/mol. The molecule has 0 bridgehead atoms. The van der Waals surface area contributed by atoms with Crippen LogP contribution in [0.25, 0.3) is 10.9 Å². The molecule has 0 aliphatic heterocycles. The Morgan fingerprint density at radius 1 is 1.06 bits per heavy atom. The van der Waals surface area contributed by atoms with Crippen molar-refractivity contribution in [1.82, 2.24) is 4.98 Å². The Hall–Kier alpha value is -1.57. The van der Waals surface area contributed by atoms with Gasteiger partial charge in [-0.2, -0.15) is 0 Å². The Morgan fingerprint density at radius 3 is 2.41 bits per heavy atom. The molecule has 90 valence electrons. The standard InChI is InChI=1S/C15H19NO/c1-10(2)15-14(17-11(3)4)9-12-7-5-6-8-13(12)16-15/h5-11H,1-4H3. The highest BCUT2D eigenvalue weighted by Crippen LogP contribution is 2.29. The highest BCUT2D eigenvalue weighted by molar-refractivity contribution is 5.80. The molecule has 2 heteroatoms. The van der Waals surface area contributed by atoms with E-state index in [0.717, 1.165) is 22.3 Å². The van der Waals surface area contributed by atoms with Gasteiger partial charge < -0.3 is 4.74 Å². The molecule has 2 nitrogen and oxygen atoms in total. The van der Waals surface area contributed by atoms with Gasteiger partial charge in [-0.05, 0) is 31.9 Å². The molecule has 0 spiro atoms. The lowest BCUT2D eigenvalue weighted by molar-refractivity contribution is 0.238. The molecule has 0 atom stereocenters. The van der Waals surface area contributed by atoms with Gasteiger partial charge in [0, 0.05) is 5.39 Å². The van der Waals surface area contributed by atoms with Gasteiger partial charge in [0.25, 0.3) is 0 Å². The van der Waals surface area contributed by atoms with E-state index in [9.17, 15) is 0 Å². The van der Waals surface area contributed by atoms with Gasteiger partial charge in [0.2, 0.25) is 0 Å². The van der Waals surface area contributed by atoms with E-state index in [1.807, 2.05) is 32.0 Å². The van der Waals surface area contributed by atoms with Crippen molar-refractivity contribution in [3.63, 3.8) is 0 Å². The maximum atomic E-state index is 5.85. The van der Waals surface area contributed by atoms with Gasteiger partial charge in [-0.3, -0.25) is 0 Å². The third-order valence-electron chi connectivity index (χ3n) is 2.63. The molecule has 17 heavy (non-hydrogen) atoms. The first-order valence-corrected chi connectivity index (χ1v) is 6.14. The smallest absolute Gasteiger partial charge is 0.142 e. The van der Waals surface area contributed by atoms with Gasteiger partial charge in [-0.15, -0.1) is 0 Å². The first-order chi connectivity index (χ1) is 8.08. The molecule has 0 unspecified atom stereocenters. The largest absolute Gasteiger partial charge is 0.489 e. The van der Waals surface area contributed by atoms with Gasteiger partial charge in [0.05, 0.1) is 17.3 Å². The summed E-state index contributed by atoms with van der Waals surface area (Å²) in [5.74, 6) is 1.28. The average Bonchev–Trinajstić information content (AvgIpc) is 2.27. The van der Waals surface area contributed by atoms with Crippen LogP contribution < -0.4 is 4.74 Å². The molecule has 0 aliphatic rings. The summed E-state index contributed by atoms with van der Waals surface area (Å²) in [6.07, 6.45) is 0.176. The van der Waals surface area contributed by atoms with Crippen molar-refractivity contribution in [2.75, 3.05) is 0 Å². The van der Waals surface area contributed by atoms with Gasteiger partial charge in [0.1, 0.15) is 5.75 Å². The van der Waals surface area contributed by atoms with Crippen molar-refractivity contribution in [2.45, 2.75) is 39.7 Å². The lowest BCUT2D eigenvalue weighted by Crippen LogP contribution is -2.09. The lowest BCUT2D eigenvalue weighted by Gasteiger charge is -2.16. The Balaban J connectivity index is 2.58. The van der Waals surface area contributed by atoms with Crippen molar-refractivity contribution >= 4 is 10.9 Å². The third-order valence-corrected chi connectivity index (χ3v) is 2.63. The van der Waals surface area contributed by atoms with Gasteiger partial charge in [-0.25, -0.2) is 4.98 Å². The molecule has 0 radical (unpaired) electrons. The topological polar surface area (TPSA) is 22.1 Å². The number of para-hydroxylation sites is 1. The fourth-order valence-corrected chi connectivity index (χ4v) is 1.87. The summed E-state index contributed by atoms with van der Waals surface area (Å²) < 4.78 is 5.85. The summed E-state index contributed by atoms with van der Waals surface area (Å²) >= 11 is 0. The molecule has 0 saturated carbocycles. The minimum Gasteiger partial charge on any atom is -0.489 e. The number of fused-ring (bicyclic) bond motifs is 1. The van der Waals surface area contributed by atoms with Crippen LogP contribution in [0.15, 0.2) is 30.3 Å². The van der Waals surface area contributed by atoms with Crippen LogP contribution in [0.4, 0.5) is 0 Å². The van der Waals surface area contributed by atoms with Crippen LogP contribution in [0.1, 0.15) is 39.3 Å². The van der Waals surface area contributed by atoms with E-state index in [1.165, 1.54) is 0 Å². The van der Waals surface area contributed by atoms with Gasteiger partial charge in [0.15, 0.2) is 0 Å². The molecule has 0 fully saturated rings. The molecule has 0 aliphatic carbocycles. The number of aromatic nitrogens is 1. The molecule has 1 heterocycles. The minimum atomic E-state index is 0.176. The van der Waals surface area contributed by atoms with Crippen LogP contribution in [-0.4, -0.2) is 11.1 Å². The van der Waals surface area contributed by atoms with Crippen LogP contribution in [0.2, 0.25) is 0 Å². The summed E-state index contributed by atoms with van der Waals surface area (Å²) in [6, 6.07) is 10.2. The molecule has 0 amide bonds. The number of nitrogens with zero attached hydrogens (tertiary/aromatic N) is 1. The zero-order chi connectivity index (χ0) is 12.4. The van der Waals surface area contributed by atoms with E-state index in [1.54, 1.807) is 0 Å². The fourth-order valence-electron chi connectivity index (χ4n) is 1.87. The van der Waals surface area contributed by atoms with Gasteiger partial charge >= 0.3 is 0 Å². The van der Waals surface area contributed by atoms with Crippen molar-refractivity contribution in [1.29, 1.82) is 0 Å². The molecular weight excluding hydrogens is 210 g/mol. The highest BCUT2D eigenvalue weighted by Gasteiger charge is 2.12. The number of benzene rings is 1. The molecule has 2 aromatic rings. The molecular formula is C15H19NO. The number of rotatable bonds is 3. The summed E-state index contributed by atoms with van der Waals surface area (Å²) in [7, 11) is 0. The second kappa shape index (κ2) is 4.74. The molecule has 1 aromatic carbocycles. The SMILES string of the molecule is CC(C)Oc1cc2ccccc2nc1C(C)C. The molecule has 0 N–H and O–H groups in total. The third kappa shape index (κ3) is 2.57. The zero-order valence-electron chi connectivity index (χ0n) is 10.9. The number of hydrogen-bond donors (Lipinski definition) is 0. The molecule has 2 rings (SSSR count). The Labute approximate surface area is 103 Å². The Bertz CT molecular complexity index is 517. The van der Waals surface area contributed by atoms with Crippen LogP contribution in [0.5, 0.6) is 5.75 Å². The maximum absolute atomic E-state index is 5.85. The maximum Gasteiger partial charge on any atom is 0.142 e. The van der Waals surface area contributed by atoms with E-state index < -0.39 is 0 Å². The number of pyridine rings is 1. The summed E-state index contributed by atoms with van der Waals surface area (Å²) in [6.45, 7) is 8.37. The van der Waals surface area contributed by atoms with E-state index in [2.05, 4.69) is 26.0 Å². The fraction of sp³-hybridized carbons (Fsp3) is 0.400. The average molecular weight is 229 g/mol. The Kier molecular flexibility index (Phi) is 3.32. The van der Waals surface area contributed by atoms with Crippen LogP contribution in [0, 0.1) is 0 Å². The van der Waals surface area contributed by atoms with Crippen LogP contribution >= 0.6 is 0 Å². The molecule has 1 aromatic heterocycles. The second-order valence-corrected chi connectivity index (χ2v) is 4.89. The van der Waals surface area contributed by atoms with Gasteiger partial charge in [-0.1, -0.05) is 32.0 Å². The predicted molar refractivity (Wildman–Crippen MR) is 71.6 cm³/mol.